The molecular formula is C16H16ClFN2O. The van der Waals surface area contributed by atoms with Gasteiger partial charge in [0.2, 0.25) is 5.91 Å². The highest BCUT2D eigenvalue weighted by molar-refractivity contribution is 6.31. The number of hydrogen-bond acceptors (Lipinski definition) is 2. The number of hydrogen-bond donors (Lipinski definition) is 2. The minimum atomic E-state index is -0.501. The van der Waals surface area contributed by atoms with Crippen LogP contribution in [-0.4, -0.2) is 12.5 Å². The molecule has 0 aliphatic carbocycles. The maximum atomic E-state index is 13.0. The van der Waals surface area contributed by atoms with E-state index in [-0.39, 0.29) is 10.9 Å². The average molecular weight is 307 g/mol. The predicted molar refractivity (Wildman–Crippen MR) is 82.8 cm³/mol. The third kappa shape index (κ3) is 5.17. The van der Waals surface area contributed by atoms with Crippen molar-refractivity contribution in [3.63, 3.8) is 0 Å². The Balaban J connectivity index is 1.71. The molecule has 0 bridgehead atoms. The molecule has 0 aliphatic rings. The van der Waals surface area contributed by atoms with Crippen molar-refractivity contribution in [2.45, 2.75) is 13.0 Å². The fourth-order valence-electron chi connectivity index (χ4n) is 1.83. The van der Waals surface area contributed by atoms with Gasteiger partial charge >= 0.3 is 0 Å². The molecule has 0 spiro atoms. The zero-order valence-electron chi connectivity index (χ0n) is 11.4. The highest BCUT2D eigenvalue weighted by Gasteiger charge is 2.05. The lowest BCUT2D eigenvalue weighted by Crippen LogP contribution is -2.21. The maximum absolute atomic E-state index is 13.0. The number of benzene rings is 2. The fourth-order valence-corrected chi connectivity index (χ4v) is 2.01. The van der Waals surface area contributed by atoms with Crippen LogP contribution in [0.2, 0.25) is 5.02 Å². The van der Waals surface area contributed by atoms with Crippen LogP contribution in [0.1, 0.15) is 12.0 Å². The predicted octanol–water partition coefficient (Wildman–Crippen LogP) is 3.60. The molecule has 2 rings (SSSR count). The van der Waals surface area contributed by atoms with Crippen molar-refractivity contribution in [1.29, 1.82) is 0 Å². The quantitative estimate of drug-likeness (QED) is 0.801. The Kier molecular flexibility index (Phi) is 5.72. The van der Waals surface area contributed by atoms with Gasteiger partial charge in [0.15, 0.2) is 0 Å². The van der Waals surface area contributed by atoms with Gasteiger partial charge in [-0.05, 0) is 23.8 Å². The number of carbonyl (C=O) groups is 1. The second kappa shape index (κ2) is 7.76. The van der Waals surface area contributed by atoms with E-state index in [0.717, 1.165) is 6.54 Å². The largest absolute Gasteiger partial charge is 0.326 e. The molecule has 2 aromatic rings. The Morgan fingerprint density at radius 2 is 1.90 bits per heavy atom. The third-order valence-corrected chi connectivity index (χ3v) is 3.19. The molecule has 0 saturated carbocycles. The average Bonchev–Trinajstić information content (AvgIpc) is 2.49. The third-order valence-electron chi connectivity index (χ3n) is 2.90. The zero-order valence-corrected chi connectivity index (χ0v) is 12.2. The molecule has 0 aliphatic heterocycles. The molecule has 0 heterocycles. The van der Waals surface area contributed by atoms with Crippen LogP contribution in [0, 0.1) is 5.82 Å². The SMILES string of the molecule is O=C(CCNCc1ccccc1)Nc1ccc(F)c(Cl)c1. The van der Waals surface area contributed by atoms with Crippen LogP contribution in [0.4, 0.5) is 10.1 Å². The number of halogens is 2. The van der Waals surface area contributed by atoms with Gasteiger partial charge in [0, 0.05) is 25.2 Å². The van der Waals surface area contributed by atoms with Crippen molar-refractivity contribution in [1.82, 2.24) is 5.32 Å². The molecule has 0 atom stereocenters. The Morgan fingerprint density at radius 3 is 2.62 bits per heavy atom. The van der Waals surface area contributed by atoms with Gasteiger partial charge in [-0.1, -0.05) is 41.9 Å². The van der Waals surface area contributed by atoms with Crippen LogP contribution in [-0.2, 0) is 11.3 Å². The molecule has 0 saturated heterocycles. The summed E-state index contributed by atoms with van der Waals surface area (Å²) in [7, 11) is 0. The molecule has 2 aromatic carbocycles. The Morgan fingerprint density at radius 1 is 1.14 bits per heavy atom. The summed E-state index contributed by atoms with van der Waals surface area (Å²) in [6.07, 6.45) is 0.335. The molecule has 3 nitrogen and oxygen atoms in total. The molecule has 0 fully saturated rings. The highest BCUT2D eigenvalue weighted by atomic mass is 35.5. The van der Waals surface area contributed by atoms with Gasteiger partial charge in [-0.25, -0.2) is 4.39 Å². The number of nitrogens with one attached hydrogen (secondary N) is 2. The van der Waals surface area contributed by atoms with Gasteiger partial charge in [-0.15, -0.1) is 0 Å². The van der Waals surface area contributed by atoms with Crippen LogP contribution < -0.4 is 10.6 Å². The van der Waals surface area contributed by atoms with Crippen molar-refractivity contribution in [3.8, 4) is 0 Å². The summed E-state index contributed by atoms with van der Waals surface area (Å²) in [6.45, 7) is 1.28. The van der Waals surface area contributed by atoms with E-state index in [1.165, 1.54) is 23.8 Å². The summed E-state index contributed by atoms with van der Waals surface area (Å²) < 4.78 is 13.0. The molecule has 1 amide bonds. The van der Waals surface area contributed by atoms with E-state index in [0.29, 0.717) is 18.7 Å². The number of amides is 1. The van der Waals surface area contributed by atoms with Crippen LogP contribution in [0.5, 0.6) is 0 Å². The van der Waals surface area contributed by atoms with Crippen LogP contribution >= 0.6 is 11.6 Å². The monoisotopic (exact) mass is 306 g/mol. The summed E-state index contributed by atoms with van der Waals surface area (Å²) in [4.78, 5) is 11.7. The summed E-state index contributed by atoms with van der Waals surface area (Å²) in [5.74, 6) is -0.641. The van der Waals surface area contributed by atoms with Crippen molar-refractivity contribution >= 4 is 23.2 Å². The lowest BCUT2D eigenvalue weighted by atomic mass is 10.2. The van der Waals surface area contributed by atoms with Gasteiger partial charge in [0.25, 0.3) is 0 Å². The van der Waals surface area contributed by atoms with E-state index < -0.39 is 5.82 Å². The first-order valence-corrected chi connectivity index (χ1v) is 7.02. The first-order valence-electron chi connectivity index (χ1n) is 6.65. The Labute approximate surface area is 128 Å². The van der Waals surface area contributed by atoms with Crippen LogP contribution in [0.3, 0.4) is 0 Å². The zero-order chi connectivity index (χ0) is 15.1. The second-order valence-corrected chi connectivity index (χ2v) is 5.00. The van der Waals surface area contributed by atoms with Gasteiger partial charge in [0.1, 0.15) is 5.82 Å². The van der Waals surface area contributed by atoms with Crippen molar-refractivity contribution in [3.05, 3.63) is 64.9 Å². The second-order valence-electron chi connectivity index (χ2n) is 4.59. The lowest BCUT2D eigenvalue weighted by molar-refractivity contribution is -0.116. The molecule has 21 heavy (non-hydrogen) atoms. The topological polar surface area (TPSA) is 41.1 Å². The van der Waals surface area contributed by atoms with Crippen molar-refractivity contribution in [2.24, 2.45) is 0 Å². The number of anilines is 1. The van der Waals surface area contributed by atoms with Gasteiger partial charge in [0.05, 0.1) is 5.02 Å². The van der Waals surface area contributed by atoms with Crippen LogP contribution in [0.25, 0.3) is 0 Å². The number of rotatable bonds is 6. The van der Waals surface area contributed by atoms with Gasteiger partial charge in [-0.2, -0.15) is 0 Å². The number of carbonyl (C=O) groups excluding carboxylic acids is 1. The fraction of sp³-hybridized carbons (Fsp3) is 0.188. The summed E-state index contributed by atoms with van der Waals surface area (Å²) in [5.41, 5.74) is 1.66. The first kappa shape index (κ1) is 15.5. The summed E-state index contributed by atoms with van der Waals surface area (Å²) in [5, 5.41) is 5.87. The van der Waals surface area contributed by atoms with E-state index in [2.05, 4.69) is 10.6 Å². The highest BCUT2D eigenvalue weighted by Crippen LogP contribution is 2.19. The molecule has 0 aromatic heterocycles. The Hall–Kier alpha value is -1.91. The summed E-state index contributed by atoms with van der Waals surface area (Å²) in [6, 6.07) is 14.1. The smallest absolute Gasteiger partial charge is 0.225 e. The molecule has 5 heteroatoms. The first-order chi connectivity index (χ1) is 10.1. The van der Waals surface area contributed by atoms with E-state index in [1.54, 1.807) is 0 Å². The minimum Gasteiger partial charge on any atom is -0.326 e. The lowest BCUT2D eigenvalue weighted by Gasteiger charge is -2.07. The van der Waals surface area contributed by atoms with E-state index in [1.807, 2.05) is 30.3 Å². The minimum absolute atomic E-state index is 0.00463. The van der Waals surface area contributed by atoms with Crippen LogP contribution in [0.15, 0.2) is 48.5 Å². The van der Waals surface area contributed by atoms with E-state index in [4.69, 9.17) is 11.6 Å². The molecule has 110 valence electrons. The van der Waals surface area contributed by atoms with Gasteiger partial charge in [-0.3, -0.25) is 4.79 Å². The maximum Gasteiger partial charge on any atom is 0.225 e. The molecule has 0 radical (unpaired) electrons. The van der Waals surface area contributed by atoms with Crippen molar-refractivity contribution < 1.29 is 9.18 Å². The summed E-state index contributed by atoms with van der Waals surface area (Å²) >= 11 is 5.65. The van der Waals surface area contributed by atoms with E-state index >= 15 is 0 Å². The molecule has 0 unspecified atom stereocenters. The van der Waals surface area contributed by atoms with Gasteiger partial charge < -0.3 is 10.6 Å². The van der Waals surface area contributed by atoms with E-state index in [9.17, 15) is 9.18 Å². The normalized spacial score (nSPS) is 10.4. The molecule has 2 N–H and O–H groups in total. The standard InChI is InChI=1S/C16H16ClFN2O/c17-14-10-13(6-7-15(14)18)20-16(21)8-9-19-11-12-4-2-1-3-5-12/h1-7,10,19H,8-9,11H2,(H,20,21). The molecular weight excluding hydrogens is 291 g/mol. The Bertz CT molecular complexity index is 604. The van der Waals surface area contributed by atoms with Crippen molar-refractivity contribution in [2.75, 3.05) is 11.9 Å².